The third-order valence-electron chi connectivity index (χ3n) is 6.13. The van der Waals surface area contributed by atoms with E-state index in [4.69, 9.17) is 0 Å². The summed E-state index contributed by atoms with van der Waals surface area (Å²) in [4.78, 5) is 16.9. The Morgan fingerprint density at radius 2 is 1.81 bits per heavy atom. The number of para-hydroxylation sites is 1. The van der Waals surface area contributed by atoms with Gasteiger partial charge in [-0.25, -0.2) is 0 Å². The van der Waals surface area contributed by atoms with Crippen LogP contribution in [0.5, 0.6) is 0 Å². The number of hydrogen-bond acceptors (Lipinski definition) is 2. The summed E-state index contributed by atoms with van der Waals surface area (Å²) >= 11 is 0. The van der Waals surface area contributed by atoms with Crippen molar-refractivity contribution in [1.82, 2.24) is 14.4 Å². The Balaban J connectivity index is 1.60. The number of hydrogen-bond donors (Lipinski definition) is 0. The summed E-state index contributed by atoms with van der Waals surface area (Å²) in [7, 11) is 0. The SMILES string of the molecule is CC(=O)N1CCc2c3n(c4ccccc24)CN(Cc2ccccc2)CCC31. The zero-order valence-electron chi connectivity index (χ0n) is 15.8. The Hall–Kier alpha value is -2.59. The van der Waals surface area contributed by atoms with Crippen molar-refractivity contribution in [1.29, 1.82) is 0 Å². The largest absolute Gasteiger partial charge is 0.334 e. The van der Waals surface area contributed by atoms with Gasteiger partial charge in [0.1, 0.15) is 0 Å². The zero-order chi connectivity index (χ0) is 18.4. The average molecular weight is 359 g/mol. The van der Waals surface area contributed by atoms with Gasteiger partial charge < -0.3 is 9.47 Å². The van der Waals surface area contributed by atoms with Crippen LogP contribution in [0.25, 0.3) is 10.9 Å². The second-order valence-corrected chi connectivity index (χ2v) is 7.76. The van der Waals surface area contributed by atoms with E-state index in [0.29, 0.717) is 0 Å². The molecule has 138 valence electrons. The fraction of sp³-hybridized carbons (Fsp3) is 0.348. The highest BCUT2D eigenvalue weighted by Gasteiger charge is 2.36. The molecule has 3 aromatic rings. The first-order chi connectivity index (χ1) is 13.2. The molecular formula is C23H25N3O. The molecule has 1 unspecified atom stereocenters. The molecule has 0 spiro atoms. The molecule has 2 aliphatic heterocycles. The first-order valence-corrected chi connectivity index (χ1v) is 9.86. The van der Waals surface area contributed by atoms with E-state index in [9.17, 15) is 4.79 Å². The molecule has 0 aliphatic carbocycles. The van der Waals surface area contributed by atoms with Gasteiger partial charge in [0, 0.05) is 43.2 Å². The monoisotopic (exact) mass is 359 g/mol. The van der Waals surface area contributed by atoms with Crippen LogP contribution >= 0.6 is 0 Å². The molecule has 2 aromatic carbocycles. The lowest BCUT2D eigenvalue weighted by molar-refractivity contribution is -0.132. The molecule has 0 fully saturated rings. The van der Waals surface area contributed by atoms with Gasteiger partial charge in [0.05, 0.1) is 12.7 Å². The second kappa shape index (κ2) is 6.54. The van der Waals surface area contributed by atoms with Crippen molar-refractivity contribution in [2.24, 2.45) is 0 Å². The van der Waals surface area contributed by atoms with E-state index in [1.165, 1.54) is 27.7 Å². The van der Waals surface area contributed by atoms with Gasteiger partial charge in [-0.1, -0.05) is 48.5 Å². The molecule has 3 heterocycles. The smallest absolute Gasteiger partial charge is 0.220 e. The molecule has 2 aliphatic rings. The minimum Gasteiger partial charge on any atom is -0.334 e. The molecule has 0 N–H and O–H groups in total. The Morgan fingerprint density at radius 1 is 1.04 bits per heavy atom. The van der Waals surface area contributed by atoms with Crippen LogP contribution in [0, 0.1) is 0 Å². The van der Waals surface area contributed by atoms with Gasteiger partial charge in [-0.3, -0.25) is 9.69 Å². The minimum absolute atomic E-state index is 0.193. The highest BCUT2D eigenvalue weighted by molar-refractivity contribution is 5.87. The maximum absolute atomic E-state index is 12.3. The Morgan fingerprint density at radius 3 is 2.63 bits per heavy atom. The summed E-state index contributed by atoms with van der Waals surface area (Å²) in [6.45, 7) is 5.37. The third kappa shape index (κ3) is 2.76. The summed E-state index contributed by atoms with van der Waals surface area (Å²) in [5.74, 6) is 0.193. The molecule has 27 heavy (non-hydrogen) atoms. The maximum atomic E-state index is 12.3. The molecule has 0 radical (unpaired) electrons. The highest BCUT2D eigenvalue weighted by atomic mass is 16.2. The number of aromatic nitrogens is 1. The molecule has 0 saturated carbocycles. The van der Waals surface area contributed by atoms with Crippen molar-refractivity contribution >= 4 is 16.8 Å². The van der Waals surface area contributed by atoms with E-state index in [1.54, 1.807) is 6.92 Å². The van der Waals surface area contributed by atoms with Crippen molar-refractivity contribution < 1.29 is 4.79 Å². The van der Waals surface area contributed by atoms with Crippen LogP contribution in [-0.2, 0) is 24.4 Å². The van der Waals surface area contributed by atoms with Crippen LogP contribution < -0.4 is 0 Å². The van der Waals surface area contributed by atoms with Crippen LogP contribution in [0.4, 0.5) is 0 Å². The summed E-state index contributed by atoms with van der Waals surface area (Å²) in [5, 5.41) is 1.36. The Kier molecular flexibility index (Phi) is 4.01. The van der Waals surface area contributed by atoms with Crippen LogP contribution in [0.3, 0.4) is 0 Å². The van der Waals surface area contributed by atoms with Crippen LogP contribution in [-0.4, -0.2) is 33.4 Å². The second-order valence-electron chi connectivity index (χ2n) is 7.76. The highest BCUT2D eigenvalue weighted by Crippen LogP contribution is 2.40. The fourth-order valence-corrected chi connectivity index (χ4v) is 4.94. The summed E-state index contributed by atoms with van der Waals surface area (Å²) in [6.07, 6.45) is 1.95. The Labute approximate surface area is 160 Å². The molecule has 4 heteroatoms. The van der Waals surface area contributed by atoms with Crippen molar-refractivity contribution in [2.75, 3.05) is 13.1 Å². The zero-order valence-corrected chi connectivity index (χ0v) is 15.8. The maximum Gasteiger partial charge on any atom is 0.220 e. The van der Waals surface area contributed by atoms with Crippen molar-refractivity contribution in [3.63, 3.8) is 0 Å². The first kappa shape index (κ1) is 16.6. The van der Waals surface area contributed by atoms with Gasteiger partial charge >= 0.3 is 0 Å². The van der Waals surface area contributed by atoms with Crippen LogP contribution in [0.1, 0.15) is 36.2 Å². The number of benzene rings is 2. The number of amides is 1. The van der Waals surface area contributed by atoms with E-state index in [-0.39, 0.29) is 11.9 Å². The fourth-order valence-electron chi connectivity index (χ4n) is 4.94. The molecule has 1 atom stereocenters. The predicted molar refractivity (Wildman–Crippen MR) is 107 cm³/mol. The Bertz CT molecular complexity index is 992. The van der Waals surface area contributed by atoms with Gasteiger partial charge in [0.2, 0.25) is 5.91 Å². The molecule has 1 amide bonds. The van der Waals surface area contributed by atoms with Crippen molar-refractivity contribution in [2.45, 2.75) is 39.0 Å². The normalized spacial score (nSPS) is 19.7. The van der Waals surface area contributed by atoms with E-state index in [2.05, 4.69) is 69.0 Å². The van der Waals surface area contributed by atoms with Gasteiger partial charge in [-0.2, -0.15) is 0 Å². The first-order valence-electron chi connectivity index (χ1n) is 9.86. The number of carbonyl (C=O) groups is 1. The number of nitrogens with zero attached hydrogens (tertiary/aromatic N) is 3. The number of rotatable bonds is 2. The average Bonchev–Trinajstić information content (AvgIpc) is 2.88. The predicted octanol–water partition coefficient (Wildman–Crippen LogP) is 3.95. The summed E-state index contributed by atoms with van der Waals surface area (Å²) in [6, 6.07) is 19.6. The van der Waals surface area contributed by atoms with Crippen LogP contribution in [0.2, 0.25) is 0 Å². The quantitative estimate of drug-likeness (QED) is 0.693. The van der Waals surface area contributed by atoms with Gasteiger partial charge in [0.15, 0.2) is 0 Å². The number of fused-ring (bicyclic) bond motifs is 3. The molecular weight excluding hydrogens is 334 g/mol. The molecule has 4 nitrogen and oxygen atoms in total. The standard InChI is InChI=1S/C23H25N3O/c1-17(27)25-14-11-20-19-9-5-6-10-21(19)26-16-24(13-12-22(25)23(20)26)15-18-7-3-2-4-8-18/h2-10,22H,11-16H2,1H3. The number of carbonyl (C=O) groups excluding carboxylic acids is 1. The van der Waals surface area contributed by atoms with Crippen molar-refractivity contribution in [3.05, 3.63) is 71.4 Å². The summed E-state index contributed by atoms with van der Waals surface area (Å²) < 4.78 is 2.47. The van der Waals surface area contributed by atoms with Gasteiger partial charge in [-0.15, -0.1) is 0 Å². The van der Waals surface area contributed by atoms with Gasteiger partial charge in [0.25, 0.3) is 0 Å². The van der Waals surface area contributed by atoms with E-state index >= 15 is 0 Å². The minimum atomic E-state index is 0.193. The molecule has 0 bridgehead atoms. The topological polar surface area (TPSA) is 28.5 Å². The lowest BCUT2D eigenvalue weighted by Crippen LogP contribution is -2.39. The van der Waals surface area contributed by atoms with E-state index < -0.39 is 0 Å². The molecule has 0 saturated heterocycles. The van der Waals surface area contributed by atoms with E-state index in [1.807, 2.05) is 0 Å². The van der Waals surface area contributed by atoms with Crippen LogP contribution in [0.15, 0.2) is 54.6 Å². The summed E-state index contributed by atoms with van der Waals surface area (Å²) in [5.41, 5.74) is 5.47. The van der Waals surface area contributed by atoms with Crippen molar-refractivity contribution in [3.8, 4) is 0 Å². The van der Waals surface area contributed by atoms with Gasteiger partial charge in [-0.05, 0) is 30.0 Å². The lowest BCUT2D eigenvalue weighted by Gasteiger charge is -2.35. The third-order valence-corrected chi connectivity index (χ3v) is 6.13. The molecule has 1 aromatic heterocycles. The molecule has 5 rings (SSSR count). The lowest BCUT2D eigenvalue weighted by atomic mass is 9.95. The van der Waals surface area contributed by atoms with E-state index in [0.717, 1.165) is 39.1 Å².